The number of hydrogen-bond acceptors (Lipinski definition) is 5. The maximum atomic E-state index is 13.6. The summed E-state index contributed by atoms with van der Waals surface area (Å²) in [5.74, 6) is -0.383. The molecule has 0 bridgehead atoms. The Morgan fingerprint density at radius 3 is 2.75 bits per heavy atom. The van der Waals surface area contributed by atoms with Crippen LogP contribution in [0.1, 0.15) is 66.2 Å². The van der Waals surface area contributed by atoms with Crippen molar-refractivity contribution in [2.75, 3.05) is 6.54 Å². The molecule has 6 nitrogen and oxygen atoms in total. The molecule has 0 radical (unpaired) electrons. The summed E-state index contributed by atoms with van der Waals surface area (Å²) < 4.78 is 41.6. The molecule has 148 valence electrons. The largest absolute Gasteiger partial charge is 0.433 e. The van der Waals surface area contributed by atoms with Gasteiger partial charge >= 0.3 is 6.18 Å². The quantitative estimate of drug-likeness (QED) is 0.647. The van der Waals surface area contributed by atoms with Gasteiger partial charge in [-0.2, -0.15) is 18.3 Å². The summed E-state index contributed by atoms with van der Waals surface area (Å²) in [6.45, 7) is 4.11. The van der Waals surface area contributed by atoms with Crippen molar-refractivity contribution in [1.29, 1.82) is 0 Å². The van der Waals surface area contributed by atoms with E-state index in [-0.39, 0.29) is 23.5 Å². The molecule has 0 N–H and O–H groups in total. The zero-order valence-corrected chi connectivity index (χ0v) is 16.1. The number of carbonyl (C=O) groups is 1. The third-order valence-electron chi connectivity index (χ3n) is 4.85. The highest BCUT2D eigenvalue weighted by Gasteiger charge is 2.37. The van der Waals surface area contributed by atoms with E-state index in [1.54, 1.807) is 35.7 Å². The zero-order valence-electron chi connectivity index (χ0n) is 15.3. The van der Waals surface area contributed by atoms with E-state index in [1.165, 1.54) is 11.3 Å². The minimum Gasteiger partial charge on any atom is -0.329 e. The SMILES string of the molecule is CC(C)c1cc(C(F)(F)F)n2nc(C3CCCN3C(=O)c3cscn3)cc2n1. The number of amides is 1. The molecule has 4 rings (SSSR count). The lowest BCUT2D eigenvalue weighted by Gasteiger charge is -2.22. The summed E-state index contributed by atoms with van der Waals surface area (Å²) in [6.07, 6.45) is -3.16. The van der Waals surface area contributed by atoms with Crippen molar-refractivity contribution in [3.8, 4) is 0 Å². The topological polar surface area (TPSA) is 63.4 Å². The van der Waals surface area contributed by atoms with Gasteiger partial charge in [-0.3, -0.25) is 4.79 Å². The molecule has 0 aliphatic carbocycles. The molecular formula is C18H18F3N5OS. The first-order valence-electron chi connectivity index (χ1n) is 8.92. The van der Waals surface area contributed by atoms with Gasteiger partial charge in [-0.25, -0.2) is 14.5 Å². The molecule has 0 saturated carbocycles. The number of likely N-dealkylation sites (tertiary alicyclic amines) is 1. The van der Waals surface area contributed by atoms with Crippen LogP contribution < -0.4 is 0 Å². The second-order valence-corrected chi connectivity index (χ2v) is 7.81. The minimum atomic E-state index is -4.56. The van der Waals surface area contributed by atoms with Crippen LogP contribution >= 0.6 is 11.3 Å². The third kappa shape index (κ3) is 3.25. The van der Waals surface area contributed by atoms with E-state index in [9.17, 15) is 18.0 Å². The Hall–Kier alpha value is -2.49. The Labute approximate surface area is 163 Å². The Balaban J connectivity index is 1.78. The normalized spacial score (nSPS) is 17.8. The standard InChI is InChI=1S/C18H18F3N5OS/c1-10(2)11-6-15(18(19,20)21)26-16(23-11)7-12(24-26)14-4-3-5-25(14)17(27)13-8-28-9-22-13/h6-10,14H,3-5H2,1-2H3. The highest BCUT2D eigenvalue weighted by molar-refractivity contribution is 7.07. The lowest BCUT2D eigenvalue weighted by molar-refractivity contribution is -0.142. The van der Waals surface area contributed by atoms with Crippen LogP contribution in [0.2, 0.25) is 0 Å². The van der Waals surface area contributed by atoms with Crippen LogP contribution in [0.25, 0.3) is 5.65 Å². The fraction of sp³-hybridized carbons (Fsp3) is 0.444. The van der Waals surface area contributed by atoms with Crippen molar-refractivity contribution in [1.82, 2.24) is 24.5 Å². The molecule has 1 fully saturated rings. The Bertz CT molecular complexity index is 1010. The van der Waals surface area contributed by atoms with E-state index in [0.29, 0.717) is 30.0 Å². The van der Waals surface area contributed by atoms with Crippen molar-refractivity contribution in [2.24, 2.45) is 0 Å². The lowest BCUT2D eigenvalue weighted by Crippen LogP contribution is -2.31. The molecule has 0 spiro atoms. The molecule has 1 saturated heterocycles. The average Bonchev–Trinajstić information content (AvgIpc) is 3.38. The van der Waals surface area contributed by atoms with E-state index in [2.05, 4.69) is 15.1 Å². The Morgan fingerprint density at radius 1 is 1.32 bits per heavy atom. The summed E-state index contributed by atoms with van der Waals surface area (Å²) >= 11 is 1.32. The molecule has 1 amide bonds. The number of aromatic nitrogens is 4. The molecule has 1 aliphatic rings. The number of thiazole rings is 1. The number of nitrogens with zero attached hydrogens (tertiary/aromatic N) is 5. The summed E-state index contributed by atoms with van der Waals surface area (Å²) in [6, 6.07) is 2.21. The van der Waals surface area contributed by atoms with Crippen LogP contribution in [0.3, 0.4) is 0 Å². The molecule has 3 aromatic rings. The number of alkyl halides is 3. The Morgan fingerprint density at radius 2 is 2.11 bits per heavy atom. The van der Waals surface area contributed by atoms with E-state index in [1.807, 2.05) is 0 Å². The highest BCUT2D eigenvalue weighted by atomic mass is 32.1. The maximum Gasteiger partial charge on any atom is 0.433 e. The zero-order chi connectivity index (χ0) is 20.1. The van der Waals surface area contributed by atoms with E-state index >= 15 is 0 Å². The van der Waals surface area contributed by atoms with Gasteiger partial charge in [-0.05, 0) is 24.8 Å². The molecular weight excluding hydrogens is 391 g/mol. The summed E-state index contributed by atoms with van der Waals surface area (Å²) in [5, 5.41) is 5.86. The molecule has 4 heterocycles. The second-order valence-electron chi connectivity index (χ2n) is 7.09. The monoisotopic (exact) mass is 409 g/mol. The van der Waals surface area contributed by atoms with Gasteiger partial charge in [0, 0.05) is 23.7 Å². The van der Waals surface area contributed by atoms with Crippen molar-refractivity contribution in [3.63, 3.8) is 0 Å². The molecule has 10 heteroatoms. The van der Waals surface area contributed by atoms with E-state index in [4.69, 9.17) is 0 Å². The van der Waals surface area contributed by atoms with Gasteiger partial charge < -0.3 is 4.90 Å². The fourth-order valence-electron chi connectivity index (χ4n) is 3.45. The predicted octanol–water partition coefficient (Wildman–Crippen LogP) is 4.31. The van der Waals surface area contributed by atoms with Crippen molar-refractivity contribution < 1.29 is 18.0 Å². The predicted molar refractivity (Wildman–Crippen MR) is 97.2 cm³/mol. The first-order valence-corrected chi connectivity index (χ1v) is 9.87. The lowest BCUT2D eigenvalue weighted by atomic mass is 10.1. The van der Waals surface area contributed by atoms with Gasteiger partial charge in [0.15, 0.2) is 5.65 Å². The number of hydrogen-bond donors (Lipinski definition) is 0. The third-order valence-corrected chi connectivity index (χ3v) is 5.44. The molecule has 3 aromatic heterocycles. The van der Waals surface area contributed by atoms with Gasteiger partial charge in [-0.15, -0.1) is 11.3 Å². The number of halogens is 3. The number of carbonyl (C=O) groups excluding carboxylic acids is 1. The summed E-state index contributed by atoms with van der Waals surface area (Å²) in [4.78, 5) is 22.7. The smallest absolute Gasteiger partial charge is 0.329 e. The number of fused-ring (bicyclic) bond motifs is 1. The second kappa shape index (κ2) is 6.84. The van der Waals surface area contributed by atoms with Gasteiger partial charge in [0.1, 0.15) is 11.4 Å². The fourth-order valence-corrected chi connectivity index (χ4v) is 3.98. The number of rotatable bonds is 3. The molecule has 1 atom stereocenters. The van der Waals surface area contributed by atoms with Gasteiger partial charge in [0.2, 0.25) is 0 Å². The first kappa shape index (κ1) is 18.9. The van der Waals surface area contributed by atoms with Crippen LogP contribution in [-0.4, -0.2) is 36.9 Å². The van der Waals surface area contributed by atoms with Crippen LogP contribution in [0, 0.1) is 0 Å². The van der Waals surface area contributed by atoms with Crippen LogP contribution in [-0.2, 0) is 6.18 Å². The molecule has 0 aromatic carbocycles. The van der Waals surface area contributed by atoms with E-state index in [0.717, 1.165) is 17.0 Å². The summed E-state index contributed by atoms with van der Waals surface area (Å²) in [7, 11) is 0. The first-order chi connectivity index (χ1) is 13.3. The minimum absolute atomic E-state index is 0.140. The average molecular weight is 409 g/mol. The molecule has 1 unspecified atom stereocenters. The molecule has 28 heavy (non-hydrogen) atoms. The van der Waals surface area contributed by atoms with Crippen molar-refractivity contribution in [3.05, 3.63) is 45.8 Å². The van der Waals surface area contributed by atoms with E-state index < -0.39 is 11.9 Å². The van der Waals surface area contributed by atoms with Crippen LogP contribution in [0.15, 0.2) is 23.0 Å². The van der Waals surface area contributed by atoms with Crippen LogP contribution in [0.4, 0.5) is 13.2 Å². The molecule has 1 aliphatic heterocycles. The summed E-state index contributed by atoms with van der Waals surface area (Å²) in [5.41, 5.74) is 1.98. The van der Waals surface area contributed by atoms with Crippen molar-refractivity contribution in [2.45, 2.75) is 44.8 Å². The Kier molecular flexibility index (Phi) is 4.60. The van der Waals surface area contributed by atoms with Crippen LogP contribution in [0.5, 0.6) is 0 Å². The maximum absolute atomic E-state index is 13.6. The van der Waals surface area contributed by atoms with Gasteiger partial charge in [0.05, 0.1) is 17.2 Å². The highest BCUT2D eigenvalue weighted by Crippen LogP contribution is 2.35. The van der Waals surface area contributed by atoms with Gasteiger partial charge in [0.25, 0.3) is 5.91 Å². The van der Waals surface area contributed by atoms with Crippen molar-refractivity contribution >= 4 is 22.9 Å². The van der Waals surface area contributed by atoms with Gasteiger partial charge in [-0.1, -0.05) is 13.8 Å².